The molecular weight excluding hydrogens is 492 g/mol. The molecule has 178 valence electrons. The van der Waals surface area contributed by atoms with Gasteiger partial charge >= 0.3 is 6.09 Å². The molecule has 10 nitrogen and oxygen atoms in total. The van der Waals surface area contributed by atoms with Crippen molar-refractivity contribution < 1.29 is 14.3 Å². The lowest BCUT2D eigenvalue weighted by atomic mass is 9.90. The highest BCUT2D eigenvalue weighted by Crippen LogP contribution is 2.24. The average molecular weight is 521 g/mol. The number of carbonyl (C=O) groups excluding carboxylic acids is 2. The van der Waals surface area contributed by atoms with Crippen LogP contribution in [-0.4, -0.2) is 39.7 Å². The van der Waals surface area contributed by atoms with Crippen LogP contribution in [0.4, 0.5) is 22.2 Å². The van der Waals surface area contributed by atoms with E-state index in [-0.39, 0.29) is 29.4 Å². The number of alkyl carbamates (subject to hydrolysis) is 1. The maximum Gasteiger partial charge on any atom is 0.407 e. The number of halogens is 1. The lowest BCUT2D eigenvalue weighted by Gasteiger charge is -2.33. The molecule has 0 bridgehead atoms. The summed E-state index contributed by atoms with van der Waals surface area (Å²) in [5, 5.41) is 9.11. The van der Waals surface area contributed by atoms with E-state index in [4.69, 9.17) is 10.5 Å². The second-order valence-corrected chi connectivity index (χ2v) is 9.84. The second-order valence-electron chi connectivity index (χ2n) is 8.93. The Morgan fingerprint density at radius 2 is 1.91 bits per heavy atom. The summed E-state index contributed by atoms with van der Waals surface area (Å²) in [6.45, 7) is 5.41. The molecule has 0 spiro atoms. The number of benzene rings is 1. The predicted octanol–water partition coefficient (Wildman–Crippen LogP) is 3.62. The van der Waals surface area contributed by atoms with Gasteiger partial charge in [0.05, 0.1) is 6.04 Å². The Labute approximate surface area is 200 Å². The van der Waals surface area contributed by atoms with Crippen molar-refractivity contribution in [3.8, 4) is 0 Å². The molecule has 0 radical (unpaired) electrons. The minimum absolute atomic E-state index is 0.0410. The number of aromatic amines is 1. The Morgan fingerprint density at radius 1 is 1.21 bits per heavy atom. The highest BCUT2D eigenvalue weighted by Gasteiger charge is 2.29. The van der Waals surface area contributed by atoms with Gasteiger partial charge in [-0.25, -0.2) is 4.79 Å². The average Bonchev–Trinajstić information content (AvgIpc) is 2.67. The van der Waals surface area contributed by atoms with Crippen molar-refractivity contribution in [3.63, 3.8) is 0 Å². The first-order valence-electron chi connectivity index (χ1n) is 10.7. The number of hydrogen-bond donors (Lipinski definition) is 5. The Kier molecular flexibility index (Phi) is 7.62. The molecule has 0 aliphatic heterocycles. The van der Waals surface area contributed by atoms with E-state index in [0.29, 0.717) is 5.69 Å². The first-order chi connectivity index (χ1) is 15.5. The van der Waals surface area contributed by atoms with Gasteiger partial charge in [-0.05, 0) is 51.8 Å². The van der Waals surface area contributed by atoms with E-state index < -0.39 is 23.2 Å². The van der Waals surface area contributed by atoms with Crippen LogP contribution in [0.25, 0.3) is 0 Å². The molecule has 2 unspecified atom stereocenters. The van der Waals surface area contributed by atoms with Crippen LogP contribution in [0, 0.1) is 0 Å². The number of ether oxygens (including phenoxy) is 1. The minimum atomic E-state index is -0.894. The molecular formula is C22H29BrN6O4. The van der Waals surface area contributed by atoms with E-state index in [9.17, 15) is 14.4 Å². The van der Waals surface area contributed by atoms with Crippen molar-refractivity contribution in [2.45, 2.75) is 64.1 Å². The lowest BCUT2D eigenvalue weighted by molar-refractivity contribution is 0.0488. The molecule has 33 heavy (non-hydrogen) atoms. The van der Waals surface area contributed by atoms with E-state index in [2.05, 4.69) is 41.8 Å². The van der Waals surface area contributed by atoms with Gasteiger partial charge in [-0.2, -0.15) is 4.98 Å². The van der Waals surface area contributed by atoms with Crippen LogP contribution < -0.4 is 27.2 Å². The number of amides is 2. The number of H-pyrrole nitrogens is 1. The predicted molar refractivity (Wildman–Crippen MR) is 130 cm³/mol. The summed E-state index contributed by atoms with van der Waals surface area (Å²) in [6.07, 6.45) is 2.93. The Bertz CT molecular complexity index is 1080. The third-order valence-electron chi connectivity index (χ3n) is 5.04. The number of hydrogen-bond acceptors (Lipinski definition) is 7. The summed E-state index contributed by atoms with van der Waals surface area (Å²) in [4.78, 5) is 43.8. The van der Waals surface area contributed by atoms with E-state index in [1.807, 2.05) is 6.07 Å². The summed E-state index contributed by atoms with van der Waals surface area (Å²) in [5.74, 6) is -0.681. The molecule has 2 aromatic rings. The number of aromatic nitrogens is 2. The Morgan fingerprint density at radius 3 is 2.55 bits per heavy atom. The molecule has 1 saturated carbocycles. The number of rotatable bonds is 6. The van der Waals surface area contributed by atoms with Gasteiger partial charge in [0.1, 0.15) is 11.2 Å². The smallest absolute Gasteiger partial charge is 0.407 e. The number of anilines is 3. The molecule has 1 heterocycles. The quantitative estimate of drug-likeness (QED) is 0.390. The highest BCUT2D eigenvalue weighted by atomic mass is 79.9. The fourth-order valence-electron chi connectivity index (χ4n) is 3.67. The van der Waals surface area contributed by atoms with Gasteiger partial charge < -0.3 is 26.4 Å². The van der Waals surface area contributed by atoms with Crippen molar-refractivity contribution in [1.82, 2.24) is 15.3 Å². The van der Waals surface area contributed by atoms with Gasteiger partial charge in [0.2, 0.25) is 5.95 Å². The summed E-state index contributed by atoms with van der Waals surface area (Å²) < 4.78 is 6.19. The van der Waals surface area contributed by atoms with Crippen LogP contribution in [-0.2, 0) is 4.74 Å². The summed E-state index contributed by atoms with van der Waals surface area (Å²) in [7, 11) is 0. The zero-order valence-electron chi connectivity index (χ0n) is 18.8. The van der Waals surface area contributed by atoms with Crippen LogP contribution >= 0.6 is 15.9 Å². The first kappa shape index (κ1) is 24.6. The molecule has 1 aliphatic rings. The normalized spacial score (nSPS) is 18.3. The Hall–Kier alpha value is -3.08. The van der Waals surface area contributed by atoms with Gasteiger partial charge in [-0.1, -0.05) is 34.8 Å². The van der Waals surface area contributed by atoms with Crippen molar-refractivity contribution in [1.29, 1.82) is 0 Å². The van der Waals surface area contributed by atoms with E-state index >= 15 is 0 Å². The molecule has 1 aliphatic carbocycles. The van der Waals surface area contributed by atoms with Gasteiger partial charge in [0.25, 0.3) is 11.5 Å². The van der Waals surface area contributed by atoms with Crippen LogP contribution in [0.3, 0.4) is 0 Å². The number of nitrogens with zero attached hydrogens (tertiary/aromatic N) is 1. The van der Waals surface area contributed by atoms with Gasteiger partial charge in [0, 0.05) is 16.2 Å². The maximum atomic E-state index is 12.6. The molecule has 0 saturated heterocycles. The van der Waals surface area contributed by atoms with Crippen molar-refractivity contribution >= 4 is 45.4 Å². The topological polar surface area (TPSA) is 151 Å². The second kappa shape index (κ2) is 10.2. The first-order valence-corrected chi connectivity index (χ1v) is 11.5. The summed E-state index contributed by atoms with van der Waals surface area (Å²) in [6, 6.07) is 6.80. The van der Waals surface area contributed by atoms with Crippen molar-refractivity contribution in [2.75, 3.05) is 10.6 Å². The largest absolute Gasteiger partial charge is 0.444 e. The van der Waals surface area contributed by atoms with E-state index in [1.54, 1.807) is 39.0 Å². The van der Waals surface area contributed by atoms with E-state index in [0.717, 1.165) is 30.2 Å². The summed E-state index contributed by atoms with van der Waals surface area (Å²) >= 11 is 3.38. The zero-order valence-corrected chi connectivity index (χ0v) is 20.4. The molecule has 1 fully saturated rings. The molecule has 6 N–H and O–H groups in total. The van der Waals surface area contributed by atoms with Crippen LogP contribution in [0.1, 0.15) is 56.8 Å². The fourth-order valence-corrected chi connectivity index (χ4v) is 4.07. The molecule has 2 atom stereocenters. The molecule has 3 rings (SSSR count). The number of primary amides is 1. The molecule has 1 aromatic heterocycles. The number of carbonyl (C=O) groups is 2. The van der Waals surface area contributed by atoms with Gasteiger partial charge in [0.15, 0.2) is 5.82 Å². The van der Waals surface area contributed by atoms with Crippen LogP contribution in [0.5, 0.6) is 0 Å². The monoisotopic (exact) mass is 520 g/mol. The molecule has 11 heteroatoms. The molecule has 2 amide bonds. The fraction of sp³-hybridized carbons (Fsp3) is 0.455. The van der Waals surface area contributed by atoms with Gasteiger partial charge in [-0.15, -0.1) is 0 Å². The third-order valence-corrected chi connectivity index (χ3v) is 5.54. The van der Waals surface area contributed by atoms with Crippen molar-refractivity contribution in [3.05, 3.63) is 44.7 Å². The van der Waals surface area contributed by atoms with Crippen LogP contribution in [0.2, 0.25) is 0 Å². The van der Waals surface area contributed by atoms with Gasteiger partial charge in [-0.3, -0.25) is 14.6 Å². The van der Waals surface area contributed by atoms with Crippen molar-refractivity contribution in [2.24, 2.45) is 5.73 Å². The Balaban J connectivity index is 1.84. The van der Waals surface area contributed by atoms with E-state index in [1.165, 1.54) is 0 Å². The lowest BCUT2D eigenvalue weighted by Crippen LogP contribution is -2.50. The highest BCUT2D eigenvalue weighted by molar-refractivity contribution is 9.10. The number of nitrogens with two attached hydrogens (primary N) is 1. The van der Waals surface area contributed by atoms with Crippen LogP contribution in [0.15, 0.2) is 33.5 Å². The zero-order chi connectivity index (χ0) is 24.2. The minimum Gasteiger partial charge on any atom is -0.444 e. The number of nitrogens with one attached hydrogen (secondary N) is 4. The maximum absolute atomic E-state index is 12.6. The third kappa shape index (κ3) is 6.95. The SMILES string of the molecule is CC(C)(C)OC(=O)NC1CCCCC1Nc1nc(Nc2cccc(Br)c2)c(C(N)=O)c(=O)[nH]1. The summed E-state index contributed by atoms with van der Waals surface area (Å²) in [5.41, 5.74) is 4.52. The standard InChI is InChI=1S/C22H29BrN6O4/c1-22(2,3)33-21(32)27-15-10-5-4-9-14(15)26-20-28-18(16(17(24)30)19(31)29-20)25-13-8-6-7-12(23)11-13/h6-8,11,14-15H,4-5,9-10H2,1-3H3,(H2,24,30)(H,27,32)(H3,25,26,28,29,31). The molecule has 1 aromatic carbocycles.